The Morgan fingerprint density at radius 2 is 1.89 bits per heavy atom. The molecule has 0 saturated heterocycles. The molecule has 3 aromatic rings. The van der Waals surface area contributed by atoms with E-state index in [-0.39, 0.29) is 22.8 Å². The first-order valence-electron chi connectivity index (χ1n) is 7.96. The summed E-state index contributed by atoms with van der Waals surface area (Å²) in [5, 5.41) is 7.71. The van der Waals surface area contributed by atoms with Crippen molar-refractivity contribution in [3.8, 4) is 22.5 Å². The van der Waals surface area contributed by atoms with Crippen molar-refractivity contribution in [2.45, 2.75) is 6.92 Å². The Hall–Kier alpha value is -3.81. The smallest absolute Gasteiger partial charge is 0.269 e. The third-order valence-electron chi connectivity index (χ3n) is 4.17. The summed E-state index contributed by atoms with van der Waals surface area (Å²) in [6.07, 6.45) is 1.11. The van der Waals surface area contributed by atoms with Crippen LogP contribution in [0.5, 0.6) is 0 Å². The predicted molar refractivity (Wildman–Crippen MR) is 103 cm³/mol. The molecule has 0 aliphatic carbocycles. The van der Waals surface area contributed by atoms with Crippen molar-refractivity contribution in [1.82, 2.24) is 9.97 Å². The number of pyridine rings is 2. The van der Waals surface area contributed by atoms with Crippen LogP contribution in [0.1, 0.15) is 21.6 Å². The molecule has 8 heteroatoms. The van der Waals surface area contributed by atoms with Gasteiger partial charge in [0.1, 0.15) is 0 Å². The number of anilines is 2. The fourth-order valence-corrected chi connectivity index (χ4v) is 2.89. The van der Waals surface area contributed by atoms with Crippen LogP contribution < -0.4 is 17.2 Å². The van der Waals surface area contributed by atoms with Crippen molar-refractivity contribution in [3.63, 3.8) is 0 Å². The van der Waals surface area contributed by atoms with Crippen molar-refractivity contribution in [2.75, 3.05) is 11.5 Å². The molecule has 1 aromatic carbocycles. The van der Waals surface area contributed by atoms with Crippen LogP contribution in [0.25, 0.3) is 22.5 Å². The van der Waals surface area contributed by atoms with Gasteiger partial charge in [0.25, 0.3) is 5.91 Å². The van der Waals surface area contributed by atoms with Gasteiger partial charge in [-0.15, -0.1) is 0 Å². The molecule has 136 valence electrons. The molecule has 0 aliphatic rings. The molecule has 0 fully saturated rings. The van der Waals surface area contributed by atoms with E-state index in [9.17, 15) is 9.18 Å². The number of nitrogen functional groups attached to an aromatic ring is 2. The molecular formula is C19H17FN6O. The van der Waals surface area contributed by atoms with E-state index in [0.29, 0.717) is 22.4 Å². The Bertz CT molecular complexity index is 1080. The van der Waals surface area contributed by atoms with Gasteiger partial charge in [0.2, 0.25) is 5.95 Å². The molecule has 0 atom stereocenters. The topological polar surface area (TPSA) is 145 Å². The molecule has 2 heterocycles. The van der Waals surface area contributed by atoms with Crippen LogP contribution in [0.15, 0.2) is 36.4 Å². The zero-order valence-corrected chi connectivity index (χ0v) is 14.5. The molecule has 3 rings (SSSR count). The van der Waals surface area contributed by atoms with Gasteiger partial charge in [-0.05, 0) is 42.3 Å². The molecule has 0 saturated carbocycles. The summed E-state index contributed by atoms with van der Waals surface area (Å²) in [6, 6.07) is 9.28. The number of carbonyl (C=O) groups excluding carboxylic acids is 1. The molecule has 7 nitrogen and oxygen atoms in total. The Kier molecular flexibility index (Phi) is 4.55. The molecule has 0 spiro atoms. The Labute approximate surface area is 154 Å². The number of primary amides is 1. The maximum absolute atomic E-state index is 13.5. The second-order valence-electron chi connectivity index (χ2n) is 5.93. The zero-order chi connectivity index (χ0) is 19.7. The second kappa shape index (κ2) is 6.83. The van der Waals surface area contributed by atoms with Gasteiger partial charge in [-0.3, -0.25) is 4.79 Å². The van der Waals surface area contributed by atoms with Crippen molar-refractivity contribution in [3.05, 3.63) is 59.2 Å². The van der Waals surface area contributed by atoms with Crippen LogP contribution in [0.4, 0.5) is 15.8 Å². The van der Waals surface area contributed by atoms with Crippen LogP contribution in [0, 0.1) is 18.3 Å². The van der Waals surface area contributed by atoms with Crippen molar-refractivity contribution in [1.29, 1.82) is 5.41 Å². The van der Waals surface area contributed by atoms with E-state index < -0.39 is 11.9 Å². The van der Waals surface area contributed by atoms with Gasteiger partial charge in [0, 0.05) is 23.0 Å². The van der Waals surface area contributed by atoms with Crippen LogP contribution in [-0.2, 0) is 0 Å². The van der Waals surface area contributed by atoms with Gasteiger partial charge in [0.15, 0.2) is 5.69 Å². The maximum Gasteiger partial charge on any atom is 0.269 e. The predicted octanol–water partition coefficient (Wildman–Crippen LogP) is 2.52. The summed E-state index contributed by atoms with van der Waals surface area (Å²) < 4.78 is 13.5. The molecule has 0 aliphatic heterocycles. The third-order valence-corrected chi connectivity index (χ3v) is 4.17. The first-order valence-corrected chi connectivity index (χ1v) is 7.96. The number of halogens is 1. The number of aryl methyl sites for hydroxylation is 1. The number of hydrogen-bond acceptors (Lipinski definition) is 6. The maximum atomic E-state index is 13.5. The summed E-state index contributed by atoms with van der Waals surface area (Å²) in [7, 11) is 0. The van der Waals surface area contributed by atoms with E-state index in [1.165, 1.54) is 12.1 Å². The number of nitrogens with two attached hydrogens (primary N) is 3. The minimum atomic E-state index is -0.829. The monoisotopic (exact) mass is 364 g/mol. The number of hydrogen-bond donors (Lipinski definition) is 4. The highest BCUT2D eigenvalue weighted by atomic mass is 19.1. The Balaban J connectivity index is 2.39. The minimum Gasteiger partial charge on any atom is -0.398 e. The van der Waals surface area contributed by atoms with Crippen molar-refractivity contribution < 1.29 is 9.18 Å². The van der Waals surface area contributed by atoms with E-state index in [4.69, 9.17) is 22.6 Å². The number of rotatable bonds is 4. The van der Waals surface area contributed by atoms with Gasteiger partial charge in [-0.25, -0.2) is 9.97 Å². The van der Waals surface area contributed by atoms with Gasteiger partial charge < -0.3 is 22.6 Å². The van der Waals surface area contributed by atoms with Gasteiger partial charge in [0.05, 0.1) is 17.1 Å². The molecule has 27 heavy (non-hydrogen) atoms. The molecular weight excluding hydrogens is 347 g/mol. The van der Waals surface area contributed by atoms with Gasteiger partial charge >= 0.3 is 0 Å². The number of carbonyl (C=O) groups is 1. The molecule has 0 bridgehead atoms. The lowest BCUT2D eigenvalue weighted by Crippen LogP contribution is -2.17. The highest BCUT2D eigenvalue weighted by Gasteiger charge is 2.20. The van der Waals surface area contributed by atoms with Crippen molar-refractivity contribution in [2.24, 2.45) is 5.73 Å². The lowest BCUT2D eigenvalue weighted by Gasteiger charge is -2.17. The highest BCUT2D eigenvalue weighted by Crippen LogP contribution is 2.37. The van der Waals surface area contributed by atoms with Crippen molar-refractivity contribution >= 4 is 23.5 Å². The quantitative estimate of drug-likeness (QED) is 0.319. The number of nitrogens with zero attached hydrogens (tertiary/aromatic N) is 2. The van der Waals surface area contributed by atoms with E-state index in [1.54, 1.807) is 24.3 Å². The lowest BCUT2D eigenvalue weighted by atomic mass is 9.92. The van der Waals surface area contributed by atoms with Gasteiger partial charge in [-0.2, -0.15) is 4.39 Å². The first-order chi connectivity index (χ1) is 12.8. The normalized spacial score (nSPS) is 10.6. The Morgan fingerprint density at radius 1 is 1.15 bits per heavy atom. The average molecular weight is 364 g/mol. The van der Waals surface area contributed by atoms with Crippen LogP contribution >= 0.6 is 0 Å². The summed E-state index contributed by atoms with van der Waals surface area (Å²) in [5.74, 6) is -1.52. The number of amides is 1. The lowest BCUT2D eigenvalue weighted by molar-refractivity contribution is 0.0996. The van der Waals surface area contributed by atoms with E-state index >= 15 is 0 Å². The summed E-state index contributed by atoms with van der Waals surface area (Å²) in [4.78, 5) is 19.8. The Morgan fingerprint density at radius 3 is 2.52 bits per heavy atom. The molecule has 1 amide bonds. The van der Waals surface area contributed by atoms with Gasteiger partial charge in [-0.1, -0.05) is 12.1 Å². The SMILES string of the molecule is Cc1ccc(N)c(C=N)c1-c1cc(-c2cccc(F)n2)nc(C(N)=O)c1N. The van der Waals surface area contributed by atoms with Crippen LogP contribution in [0.2, 0.25) is 0 Å². The van der Waals surface area contributed by atoms with Crippen LogP contribution in [0.3, 0.4) is 0 Å². The molecule has 0 radical (unpaired) electrons. The summed E-state index contributed by atoms with van der Waals surface area (Å²) in [6.45, 7) is 1.83. The third kappa shape index (κ3) is 3.20. The summed E-state index contributed by atoms with van der Waals surface area (Å²) >= 11 is 0. The second-order valence-corrected chi connectivity index (χ2v) is 5.93. The molecule has 2 aromatic heterocycles. The fourth-order valence-electron chi connectivity index (χ4n) is 2.89. The summed E-state index contributed by atoms with van der Waals surface area (Å²) in [5.41, 5.74) is 20.5. The fraction of sp³-hybridized carbons (Fsp3) is 0.0526. The highest BCUT2D eigenvalue weighted by molar-refractivity contribution is 6.04. The van der Waals surface area contributed by atoms with E-state index in [1.807, 2.05) is 6.92 Å². The van der Waals surface area contributed by atoms with Crippen LogP contribution in [-0.4, -0.2) is 22.1 Å². The number of aromatic nitrogens is 2. The number of nitrogens with one attached hydrogen (secondary N) is 1. The zero-order valence-electron chi connectivity index (χ0n) is 14.5. The molecule has 0 unspecified atom stereocenters. The number of benzene rings is 1. The largest absolute Gasteiger partial charge is 0.398 e. The van der Waals surface area contributed by atoms with E-state index in [2.05, 4.69) is 9.97 Å². The standard InChI is InChI=1S/C19H17FN6O/c1-9-5-6-12(22)11(8-21)16(9)10-7-14(13-3-2-4-15(20)25-13)26-18(17(10)23)19(24)27/h2-8,21H,22-23H2,1H3,(H2,24,27). The average Bonchev–Trinajstić information content (AvgIpc) is 2.63. The van der Waals surface area contributed by atoms with E-state index in [0.717, 1.165) is 11.8 Å². The minimum absolute atomic E-state index is 0.0550. The molecule has 7 N–H and O–H groups in total. The first kappa shape index (κ1) is 18.0.